The lowest BCUT2D eigenvalue weighted by atomic mass is 10.2. The van der Waals surface area contributed by atoms with Gasteiger partial charge in [-0.25, -0.2) is 0 Å². The zero-order valence-corrected chi connectivity index (χ0v) is 13.2. The van der Waals surface area contributed by atoms with Crippen LogP contribution in [0, 0.1) is 0 Å². The minimum Gasteiger partial charge on any atom is -0.491 e. The van der Waals surface area contributed by atoms with E-state index in [0.717, 1.165) is 12.2 Å². The molecule has 0 fully saturated rings. The highest BCUT2D eigenvalue weighted by Crippen LogP contribution is 2.13. The van der Waals surface area contributed by atoms with Gasteiger partial charge in [0, 0.05) is 11.6 Å². The van der Waals surface area contributed by atoms with Crippen molar-refractivity contribution >= 4 is 23.2 Å². The van der Waals surface area contributed by atoms with Gasteiger partial charge in [-0.15, -0.1) is 0 Å². The van der Waals surface area contributed by atoms with Gasteiger partial charge in [0.2, 0.25) is 0 Å². The van der Waals surface area contributed by atoms with Crippen molar-refractivity contribution in [3.8, 4) is 5.75 Å². The van der Waals surface area contributed by atoms with Crippen LogP contribution in [-0.4, -0.2) is 23.2 Å². The Morgan fingerprint density at radius 1 is 1.25 bits per heavy atom. The Labute approximate surface area is 125 Å². The van der Waals surface area contributed by atoms with Gasteiger partial charge in [-0.1, -0.05) is 6.92 Å². The van der Waals surface area contributed by atoms with E-state index in [9.17, 15) is 4.79 Å². The van der Waals surface area contributed by atoms with Crippen LogP contribution in [0.2, 0.25) is 0 Å². The molecular weight excluding hydrogens is 272 g/mol. The molecule has 0 aromatic heterocycles. The fraction of sp³-hybridized carbons (Fsp3) is 0.467. The van der Waals surface area contributed by atoms with E-state index in [-0.39, 0.29) is 18.1 Å². The molecule has 0 bridgehead atoms. The van der Waals surface area contributed by atoms with E-state index in [4.69, 9.17) is 17.0 Å². The quantitative estimate of drug-likeness (QED) is 0.820. The summed E-state index contributed by atoms with van der Waals surface area (Å²) < 4.78 is 5.53. The molecule has 1 unspecified atom stereocenters. The largest absolute Gasteiger partial charge is 0.491 e. The second-order valence-electron chi connectivity index (χ2n) is 4.93. The minimum atomic E-state index is -0.220. The van der Waals surface area contributed by atoms with Crippen LogP contribution in [0.3, 0.4) is 0 Å². The zero-order valence-electron chi connectivity index (χ0n) is 12.4. The molecule has 20 heavy (non-hydrogen) atoms. The van der Waals surface area contributed by atoms with Crippen LogP contribution < -0.4 is 15.4 Å². The van der Waals surface area contributed by atoms with Gasteiger partial charge in [0.25, 0.3) is 5.91 Å². The maximum absolute atomic E-state index is 12.0. The van der Waals surface area contributed by atoms with Crippen molar-refractivity contribution in [2.75, 3.05) is 0 Å². The number of ether oxygens (including phenoxy) is 1. The van der Waals surface area contributed by atoms with Gasteiger partial charge in [0.05, 0.1) is 6.10 Å². The fourth-order valence-electron chi connectivity index (χ4n) is 1.49. The molecule has 0 aliphatic heterocycles. The van der Waals surface area contributed by atoms with E-state index >= 15 is 0 Å². The number of amides is 1. The number of hydrogen-bond donors (Lipinski definition) is 2. The highest BCUT2D eigenvalue weighted by atomic mass is 32.1. The molecule has 0 radical (unpaired) electrons. The summed E-state index contributed by atoms with van der Waals surface area (Å²) in [6.07, 6.45) is 1.05. The number of carbonyl (C=O) groups excluding carboxylic acids is 1. The fourth-order valence-corrected chi connectivity index (χ4v) is 1.79. The van der Waals surface area contributed by atoms with Crippen LogP contribution in [0.15, 0.2) is 24.3 Å². The zero-order chi connectivity index (χ0) is 15.1. The molecule has 2 N–H and O–H groups in total. The van der Waals surface area contributed by atoms with Crippen molar-refractivity contribution in [1.82, 2.24) is 10.6 Å². The van der Waals surface area contributed by atoms with Crippen LogP contribution in [0.4, 0.5) is 0 Å². The summed E-state index contributed by atoms with van der Waals surface area (Å²) in [5.74, 6) is 0.527. The average Bonchev–Trinajstić information content (AvgIpc) is 2.38. The first-order valence-electron chi connectivity index (χ1n) is 6.81. The monoisotopic (exact) mass is 294 g/mol. The predicted octanol–water partition coefficient (Wildman–Crippen LogP) is 2.88. The number of rotatable bonds is 5. The van der Waals surface area contributed by atoms with E-state index in [1.54, 1.807) is 24.3 Å². The molecule has 0 aliphatic carbocycles. The molecule has 1 rings (SSSR count). The Morgan fingerprint density at radius 3 is 2.35 bits per heavy atom. The van der Waals surface area contributed by atoms with E-state index in [1.807, 2.05) is 20.8 Å². The average molecular weight is 294 g/mol. The molecule has 0 aliphatic rings. The molecule has 1 aromatic rings. The van der Waals surface area contributed by atoms with Gasteiger partial charge < -0.3 is 10.1 Å². The standard InChI is InChI=1S/C15H22N2O2S/c1-5-11(4)16-15(20)17-14(18)12-6-8-13(9-7-12)19-10(2)3/h6-11H,5H2,1-4H3,(H2,16,17,18,20). The van der Waals surface area contributed by atoms with Crippen molar-refractivity contribution in [2.45, 2.75) is 46.3 Å². The van der Waals surface area contributed by atoms with Crippen LogP contribution in [0.5, 0.6) is 5.75 Å². The van der Waals surface area contributed by atoms with Crippen molar-refractivity contribution in [1.29, 1.82) is 0 Å². The molecule has 1 amide bonds. The van der Waals surface area contributed by atoms with Gasteiger partial charge in [0.15, 0.2) is 5.11 Å². The Bertz CT molecular complexity index is 457. The first-order valence-corrected chi connectivity index (χ1v) is 7.21. The number of nitrogens with one attached hydrogen (secondary N) is 2. The first kappa shape index (κ1) is 16.4. The SMILES string of the molecule is CCC(C)NC(=S)NC(=O)c1ccc(OC(C)C)cc1. The van der Waals surface area contributed by atoms with E-state index in [0.29, 0.717) is 10.7 Å². The highest BCUT2D eigenvalue weighted by molar-refractivity contribution is 7.80. The third-order valence-corrected chi connectivity index (χ3v) is 2.93. The molecule has 1 atom stereocenters. The van der Waals surface area contributed by atoms with Crippen molar-refractivity contribution in [3.63, 3.8) is 0 Å². The van der Waals surface area contributed by atoms with Gasteiger partial charge in [-0.2, -0.15) is 0 Å². The van der Waals surface area contributed by atoms with Crippen molar-refractivity contribution < 1.29 is 9.53 Å². The number of hydrogen-bond acceptors (Lipinski definition) is 3. The van der Waals surface area contributed by atoms with Gasteiger partial charge in [-0.05, 0) is 63.7 Å². The summed E-state index contributed by atoms with van der Waals surface area (Å²) in [6, 6.07) is 7.24. The second-order valence-corrected chi connectivity index (χ2v) is 5.34. The third-order valence-electron chi connectivity index (χ3n) is 2.71. The Morgan fingerprint density at radius 2 is 1.85 bits per heavy atom. The van der Waals surface area contributed by atoms with E-state index < -0.39 is 0 Å². The van der Waals surface area contributed by atoms with E-state index in [1.165, 1.54) is 0 Å². The van der Waals surface area contributed by atoms with Crippen molar-refractivity contribution in [3.05, 3.63) is 29.8 Å². The maximum Gasteiger partial charge on any atom is 0.257 e. The molecule has 0 heterocycles. The predicted molar refractivity (Wildman–Crippen MR) is 85.2 cm³/mol. The molecule has 0 saturated carbocycles. The first-order chi connectivity index (χ1) is 9.42. The van der Waals surface area contributed by atoms with Crippen LogP contribution >= 0.6 is 12.2 Å². The summed E-state index contributed by atoms with van der Waals surface area (Å²) in [5, 5.41) is 6.06. The molecule has 110 valence electrons. The number of thiocarbonyl (C=S) groups is 1. The normalized spacial score (nSPS) is 11.8. The topological polar surface area (TPSA) is 50.4 Å². The van der Waals surface area contributed by atoms with Crippen LogP contribution in [0.1, 0.15) is 44.5 Å². The number of benzene rings is 1. The highest BCUT2D eigenvalue weighted by Gasteiger charge is 2.09. The summed E-state index contributed by atoms with van der Waals surface area (Å²) in [7, 11) is 0. The van der Waals surface area contributed by atoms with Gasteiger partial charge >= 0.3 is 0 Å². The summed E-state index contributed by atoms with van der Waals surface area (Å²) >= 11 is 5.09. The second kappa shape index (κ2) is 7.85. The van der Waals surface area contributed by atoms with Gasteiger partial charge in [-0.3, -0.25) is 10.1 Å². The Balaban J connectivity index is 2.57. The van der Waals surface area contributed by atoms with Gasteiger partial charge in [0.1, 0.15) is 5.75 Å². The molecular formula is C15H22N2O2S. The van der Waals surface area contributed by atoms with Crippen molar-refractivity contribution in [2.24, 2.45) is 0 Å². The lowest BCUT2D eigenvalue weighted by Gasteiger charge is -2.14. The summed E-state index contributed by atoms with van der Waals surface area (Å²) in [6.45, 7) is 7.98. The minimum absolute atomic E-state index is 0.113. The number of carbonyl (C=O) groups is 1. The van der Waals surface area contributed by atoms with Crippen LogP contribution in [0.25, 0.3) is 0 Å². The lowest BCUT2D eigenvalue weighted by molar-refractivity contribution is 0.0976. The summed E-state index contributed by atoms with van der Waals surface area (Å²) in [5.41, 5.74) is 0.550. The van der Waals surface area contributed by atoms with E-state index in [2.05, 4.69) is 17.6 Å². The Hall–Kier alpha value is -1.62. The molecule has 4 nitrogen and oxygen atoms in total. The summed E-state index contributed by atoms with van der Waals surface area (Å²) in [4.78, 5) is 12.0. The molecule has 1 aromatic carbocycles. The lowest BCUT2D eigenvalue weighted by Crippen LogP contribution is -2.43. The van der Waals surface area contributed by atoms with Crippen LogP contribution in [-0.2, 0) is 0 Å². The Kier molecular flexibility index (Phi) is 6.45. The smallest absolute Gasteiger partial charge is 0.257 e. The molecule has 0 spiro atoms. The third kappa shape index (κ3) is 5.57. The maximum atomic E-state index is 12.0. The molecule has 0 saturated heterocycles. The molecule has 5 heteroatoms.